The Labute approximate surface area is 139 Å². The van der Waals surface area contributed by atoms with Gasteiger partial charge in [0.2, 0.25) is 0 Å². The second-order valence-corrected chi connectivity index (χ2v) is 8.43. The monoisotopic (exact) mass is 318 g/mol. The summed E-state index contributed by atoms with van der Waals surface area (Å²) < 4.78 is 4.70. The van der Waals surface area contributed by atoms with Gasteiger partial charge in [-0.2, -0.15) is 0 Å². The average Bonchev–Trinajstić information content (AvgIpc) is 2.38. The first-order valence-electron chi connectivity index (χ1n) is 8.32. The number of esters is 1. The lowest BCUT2D eigenvalue weighted by Crippen LogP contribution is -2.40. The van der Waals surface area contributed by atoms with E-state index in [9.17, 15) is 4.79 Å². The molecule has 4 heteroatoms. The quantitative estimate of drug-likeness (QED) is 0.650. The van der Waals surface area contributed by atoms with Crippen LogP contribution in [0.25, 0.3) is 0 Å². The molecular formula is C19H30N2O2. The van der Waals surface area contributed by atoms with Crippen LogP contribution in [0.2, 0.25) is 0 Å². The molecule has 1 saturated carbocycles. The molecule has 0 saturated heterocycles. The fourth-order valence-corrected chi connectivity index (χ4v) is 4.26. The summed E-state index contributed by atoms with van der Waals surface area (Å²) in [5, 5.41) is 3.61. The molecule has 2 rings (SSSR count). The Kier molecular flexibility index (Phi) is 4.92. The van der Waals surface area contributed by atoms with Gasteiger partial charge >= 0.3 is 5.97 Å². The van der Waals surface area contributed by atoms with Gasteiger partial charge in [-0.15, -0.1) is 0 Å². The highest BCUT2D eigenvalue weighted by Crippen LogP contribution is 2.46. The normalized spacial score (nSPS) is 20.0. The van der Waals surface area contributed by atoms with E-state index in [0.717, 1.165) is 24.1 Å². The lowest BCUT2D eigenvalue weighted by Gasteiger charge is -2.45. The second-order valence-electron chi connectivity index (χ2n) is 8.43. The van der Waals surface area contributed by atoms with E-state index in [4.69, 9.17) is 10.5 Å². The number of carbonyl (C=O) groups is 1. The SMILES string of the molecule is COC(=O)Cc1ccc(NC2CC(C)(C)CC(C)(C)C2)c(N)c1. The molecule has 0 amide bonds. The van der Waals surface area contributed by atoms with Crippen LogP contribution < -0.4 is 11.1 Å². The number of nitrogen functional groups attached to an aromatic ring is 1. The fourth-order valence-electron chi connectivity index (χ4n) is 4.26. The zero-order valence-electron chi connectivity index (χ0n) is 15.0. The minimum atomic E-state index is -0.249. The van der Waals surface area contributed by atoms with Crippen molar-refractivity contribution < 1.29 is 9.53 Å². The molecule has 23 heavy (non-hydrogen) atoms. The maximum absolute atomic E-state index is 11.4. The number of benzene rings is 1. The van der Waals surface area contributed by atoms with Crippen LogP contribution in [0.3, 0.4) is 0 Å². The molecule has 0 heterocycles. The van der Waals surface area contributed by atoms with E-state index in [1.54, 1.807) is 0 Å². The largest absolute Gasteiger partial charge is 0.469 e. The summed E-state index contributed by atoms with van der Waals surface area (Å²) in [6.07, 6.45) is 3.77. The number of nitrogens with two attached hydrogens (primary N) is 1. The molecule has 0 aromatic heterocycles. The maximum atomic E-state index is 11.4. The molecule has 1 aliphatic carbocycles. The smallest absolute Gasteiger partial charge is 0.309 e. The maximum Gasteiger partial charge on any atom is 0.309 e. The lowest BCUT2D eigenvalue weighted by molar-refractivity contribution is -0.139. The first-order chi connectivity index (χ1) is 10.6. The van der Waals surface area contributed by atoms with Gasteiger partial charge in [-0.25, -0.2) is 0 Å². The number of methoxy groups -OCH3 is 1. The van der Waals surface area contributed by atoms with Gasteiger partial charge in [-0.3, -0.25) is 4.79 Å². The van der Waals surface area contributed by atoms with Crippen LogP contribution in [0.15, 0.2) is 18.2 Å². The van der Waals surface area contributed by atoms with Crippen LogP contribution in [-0.2, 0) is 16.0 Å². The fraction of sp³-hybridized carbons (Fsp3) is 0.632. The highest BCUT2D eigenvalue weighted by atomic mass is 16.5. The Morgan fingerprint density at radius 2 is 1.87 bits per heavy atom. The molecule has 1 aromatic carbocycles. The molecule has 128 valence electrons. The predicted molar refractivity (Wildman–Crippen MR) is 95.4 cm³/mol. The topological polar surface area (TPSA) is 64.3 Å². The molecule has 1 aliphatic rings. The highest BCUT2D eigenvalue weighted by Gasteiger charge is 2.38. The first kappa shape index (κ1) is 17.6. The summed E-state index contributed by atoms with van der Waals surface area (Å²) in [5.41, 5.74) is 9.36. The van der Waals surface area contributed by atoms with Crippen LogP contribution in [0.5, 0.6) is 0 Å². The summed E-state index contributed by atoms with van der Waals surface area (Å²) in [7, 11) is 1.40. The van der Waals surface area contributed by atoms with Crippen molar-refractivity contribution in [2.45, 2.75) is 59.4 Å². The number of nitrogens with one attached hydrogen (secondary N) is 1. The number of anilines is 2. The van der Waals surface area contributed by atoms with E-state index in [0.29, 0.717) is 22.6 Å². The standard InChI is InChI=1S/C19H30N2O2/c1-18(2)10-14(11-19(3,4)12-18)21-16-7-6-13(8-15(16)20)9-17(22)23-5/h6-8,14,21H,9-12,20H2,1-5H3. The van der Waals surface area contributed by atoms with Crippen molar-refractivity contribution in [1.82, 2.24) is 0 Å². The summed E-state index contributed by atoms with van der Waals surface area (Å²) in [4.78, 5) is 11.4. The molecule has 0 aliphatic heterocycles. The van der Waals surface area contributed by atoms with Crippen LogP contribution in [0.1, 0.15) is 52.5 Å². The number of hydrogen-bond acceptors (Lipinski definition) is 4. The van der Waals surface area contributed by atoms with Gasteiger partial charge in [-0.05, 0) is 47.8 Å². The molecular weight excluding hydrogens is 288 g/mol. The Hall–Kier alpha value is -1.71. The molecule has 0 bridgehead atoms. The van der Waals surface area contributed by atoms with Gasteiger partial charge in [0.05, 0.1) is 24.9 Å². The number of rotatable bonds is 4. The molecule has 0 unspecified atom stereocenters. The Bertz CT molecular complexity index is 563. The van der Waals surface area contributed by atoms with E-state index in [-0.39, 0.29) is 12.4 Å². The summed E-state index contributed by atoms with van der Waals surface area (Å²) >= 11 is 0. The molecule has 0 spiro atoms. The number of carbonyl (C=O) groups excluding carboxylic acids is 1. The minimum Gasteiger partial charge on any atom is -0.469 e. The summed E-state index contributed by atoms with van der Waals surface area (Å²) in [5.74, 6) is -0.249. The van der Waals surface area contributed by atoms with Gasteiger partial charge < -0.3 is 15.8 Å². The predicted octanol–water partition coefficient (Wildman–Crippen LogP) is 4.00. The number of ether oxygens (including phenoxy) is 1. The van der Waals surface area contributed by atoms with Gasteiger partial charge in [0.1, 0.15) is 0 Å². The molecule has 4 nitrogen and oxygen atoms in total. The second kappa shape index (κ2) is 6.42. The summed E-state index contributed by atoms with van der Waals surface area (Å²) in [6.45, 7) is 9.35. The molecule has 1 fully saturated rings. The van der Waals surface area contributed by atoms with E-state index in [2.05, 4.69) is 33.0 Å². The van der Waals surface area contributed by atoms with Crippen molar-refractivity contribution >= 4 is 17.3 Å². The third-order valence-corrected chi connectivity index (χ3v) is 4.61. The van der Waals surface area contributed by atoms with Crippen LogP contribution in [0.4, 0.5) is 11.4 Å². The van der Waals surface area contributed by atoms with Gasteiger partial charge in [0, 0.05) is 6.04 Å². The van der Waals surface area contributed by atoms with Crippen LogP contribution in [-0.4, -0.2) is 19.1 Å². The first-order valence-corrected chi connectivity index (χ1v) is 8.32. The zero-order valence-corrected chi connectivity index (χ0v) is 15.0. The van der Waals surface area contributed by atoms with Gasteiger partial charge in [0.25, 0.3) is 0 Å². The van der Waals surface area contributed by atoms with Crippen LogP contribution >= 0.6 is 0 Å². The Balaban J connectivity index is 2.09. The van der Waals surface area contributed by atoms with E-state index < -0.39 is 0 Å². The molecule has 0 radical (unpaired) electrons. The highest BCUT2D eigenvalue weighted by molar-refractivity contribution is 5.75. The third-order valence-electron chi connectivity index (χ3n) is 4.61. The lowest BCUT2D eigenvalue weighted by atomic mass is 9.63. The number of hydrogen-bond donors (Lipinski definition) is 2. The van der Waals surface area contributed by atoms with Crippen LogP contribution in [0, 0.1) is 10.8 Å². The molecule has 0 atom stereocenters. The minimum absolute atomic E-state index is 0.249. The van der Waals surface area contributed by atoms with E-state index in [1.165, 1.54) is 13.5 Å². The van der Waals surface area contributed by atoms with Gasteiger partial charge in [-0.1, -0.05) is 33.8 Å². The van der Waals surface area contributed by atoms with Crippen molar-refractivity contribution in [3.8, 4) is 0 Å². The zero-order chi connectivity index (χ0) is 17.3. The van der Waals surface area contributed by atoms with Crippen molar-refractivity contribution in [3.63, 3.8) is 0 Å². The summed E-state index contributed by atoms with van der Waals surface area (Å²) in [6, 6.07) is 6.19. The van der Waals surface area contributed by atoms with Crippen molar-refractivity contribution in [2.24, 2.45) is 10.8 Å². The van der Waals surface area contributed by atoms with E-state index in [1.807, 2.05) is 18.2 Å². The van der Waals surface area contributed by atoms with Gasteiger partial charge in [0.15, 0.2) is 0 Å². The van der Waals surface area contributed by atoms with Crippen molar-refractivity contribution in [1.29, 1.82) is 0 Å². The van der Waals surface area contributed by atoms with E-state index >= 15 is 0 Å². The van der Waals surface area contributed by atoms with Crippen molar-refractivity contribution in [3.05, 3.63) is 23.8 Å². The molecule has 1 aromatic rings. The Morgan fingerprint density at radius 3 is 2.39 bits per heavy atom. The Morgan fingerprint density at radius 1 is 1.26 bits per heavy atom. The average molecular weight is 318 g/mol. The molecule has 3 N–H and O–H groups in total. The van der Waals surface area contributed by atoms with Crippen molar-refractivity contribution in [2.75, 3.05) is 18.2 Å². The third kappa shape index (κ3) is 4.88.